The monoisotopic (exact) mass is 490 g/mol. The second kappa shape index (κ2) is 11.5. The van der Waals surface area contributed by atoms with Crippen molar-refractivity contribution in [2.75, 3.05) is 39.2 Å². The summed E-state index contributed by atoms with van der Waals surface area (Å²) >= 11 is 1.36. The third-order valence-corrected chi connectivity index (χ3v) is 6.17. The van der Waals surface area contributed by atoms with Crippen molar-refractivity contribution in [1.82, 2.24) is 15.2 Å². The minimum absolute atomic E-state index is 0.0856. The topological polar surface area (TPSA) is 102 Å². The molecule has 0 bridgehead atoms. The molecular weight excluding hydrogens is 456 g/mol. The van der Waals surface area contributed by atoms with E-state index in [1.54, 1.807) is 20.3 Å². The summed E-state index contributed by atoms with van der Waals surface area (Å²) in [6, 6.07) is 5.61. The molecule has 2 amide bonds. The number of nitrogens with zero attached hydrogens (tertiary/aromatic N) is 2. The molecule has 0 aliphatic carbocycles. The maximum absolute atomic E-state index is 12.8. The number of carbonyl (C=O) groups is 2. The highest BCUT2D eigenvalue weighted by Crippen LogP contribution is 2.34. The van der Waals surface area contributed by atoms with E-state index in [2.05, 4.69) is 20.5 Å². The minimum Gasteiger partial charge on any atom is -0.497 e. The van der Waals surface area contributed by atoms with Crippen molar-refractivity contribution < 1.29 is 23.8 Å². The zero-order valence-electron chi connectivity index (χ0n) is 20.5. The standard InChI is InChI=1S/C24H34N4O5S/c1-24(2,3)33-23(30)25-13-16-8-6-7-11-28(16)14-21(29)27-22-26-19(15-34-22)18-10-9-17(31-4)12-20(18)32-5/h9-10,12,15-16H,6-8,11,13-14H2,1-5H3,(H,25,30)(H,26,27,29). The molecule has 0 radical (unpaired) electrons. The van der Waals surface area contributed by atoms with Crippen LogP contribution in [-0.2, 0) is 9.53 Å². The number of amides is 2. The summed E-state index contributed by atoms with van der Waals surface area (Å²) < 4.78 is 16.0. The van der Waals surface area contributed by atoms with Gasteiger partial charge < -0.3 is 24.8 Å². The van der Waals surface area contributed by atoms with Gasteiger partial charge in [-0.2, -0.15) is 0 Å². The number of aromatic nitrogens is 1. The number of methoxy groups -OCH3 is 2. The Morgan fingerprint density at radius 1 is 1.21 bits per heavy atom. The van der Waals surface area contributed by atoms with Crippen LogP contribution < -0.4 is 20.1 Å². The van der Waals surface area contributed by atoms with Gasteiger partial charge in [0.2, 0.25) is 5.91 Å². The van der Waals surface area contributed by atoms with Crippen LogP contribution >= 0.6 is 11.3 Å². The first-order valence-electron chi connectivity index (χ1n) is 11.4. The number of anilines is 1. The highest BCUT2D eigenvalue weighted by Gasteiger charge is 2.26. The lowest BCUT2D eigenvalue weighted by Crippen LogP contribution is -2.49. The Kier molecular flexibility index (Phi) is 8.73. The average molecular weight is 491 g/mol. The van der Waals surface area contributed by atoms with Crippen LogP contribution in [0, 0.1) is 0 Å². The van der Waals surface area contributed by atoms with Gasteiger partial charge in [-0.15, -0.1) is 11.3 Å². The fourth-order valence-corrected chi connectivity index (χ4v) is 4.55. The fraction of sp³-hybridized carbons (Fsp3) is 0.542. The van der Waals surface area contributed by atoms with Gasteiger partial charge in [0.15, 0.2) is 5.13 Å². The maximum atomic E-state index is 12.8. The van der Waals surface area contributed by atoms with E-state index in [0.717, 1.165) is 37.1 Å². The Labute approximate surface area is 204 Å². The van der Waals surface area contributed by atoms with Gasteiger partial charge in [0.25, 0.3) is 0 Å². The molecule has 3 rings (SSSR count). The van der Waals surface area contributed by atoms with Gasteiger partial charge in [-0.05, 0) is 52.3 Å². The number of ether oxygens (including phenoxy) is 3. The van der Waals surface area contributed by atoms with Gasteiger partial charge in [-0.3, -0.25) is 9.69 Å². The summed E-state index contributed by atoms with van der Waals surface area (Å²) in [6.45, 7) is 6.98. The summed E-state index contributed by atoms with van der Waals surface area (Å²) in [5.74, 6) is 1.21. The van der Waals surface area contributed by atoms with Crippen LogP contribution in [0.15, 0.2) is 23.6 Å². The molecule has 1 atom stereocenters. The van der Waals surface area contributed by atoms with Crippen LogP contribution in [0.1, 0.15) is 40.0 Å². The van der Waals surface area contributed by atoms with Crippen molar-refractivity contribution in [2.45, 2.75) is 51.7 Å². The lowest BCUT2D eigenvalue weighted by atomic mass is 10.0. The molecule has 2 aromatic rings. The lowest BCUT2D eigenvalue weighted by molar-refractivity contribution is -0.118. The van der Waals surface area contributed by atoms with E-state index >= 15 is 0 Å². The number of piperidine rings is 1. The summed E-state index contributed by atoms with van der Waals surface area (Å²) in [7, 11) is 3.20. The molecule has 10 heteroatoms. The molecule has 2 heterocycles. The number of carbonyl (C=O) groups excluding carboxylic acids is 2. The third-order valence-electron chi connectivity index (χ3n) is 5.41. The molecule has 34 heavy (non-hydrogen) atoms. The first kappa shape index (κ1) is 25.8. The van der Waals surface area contributed by atoms with Gasteiger partial charge in [0.05, 0.1) is 26.5 Å². The number of benzene rings is 1. The molecule has 1 fully saturated rings. The van der Waals surface area contributed by atoms with Crippen molar-refractivity contribution in [1.29, 1.82) is 0 Å². The number of alkyl carbamates (subject to hydrolysis) is 1. The SMILES string of the molecule is COc1ccc(-c2csc(NC(=O)CN3CCCCC3CNC(=O)OC(C)(C)C)n2)c(OC)c1. The van der Waals surface area contributed by atoms with E-state index in [-0.39, 0.29) is 18.5 Å². The second-order valence-electron chi connectivity index (χ2n) is 9.16. The van der Waals surface area contributed by atoms with E-state index in [1.165, 1.54) is 11.3 Å². The Morgan fingerprint density at radius 3 is 2.71 bits per heavy atom. The third kappa shape index (κ3) is 7.33. The molecule has 1 aromatic carbocycles. The Balaban J connectivity index is 1.57. The highest BCUT2D eigenvalue weighted by molar-refractivity contribution is 7.14. The van der Waals surface area contributed by atoms with Crippen LogP contribution in [0.25, 0.3) is 11.3 Å². The number of hydrogen-bond donors (Lipinski definition) is 2. The maximum Gasteiger partial charge on any atom is 0.407 e. The molecule has 2 N–H and O–H groups in total. The molecule has 1 saturated heterocycles. The van der Waals surface area contributed by atoms with Gasteiger partial charge in [-0.1, -0.05) is 6.42 Å². The number of likely N-dealkylation sites (tertiary alicyclic amines) is 1. The predicted octanol–water partition coefficient (Wildman–Crippen LogP) is 4.15. The summed E-state index contributed by atoms with van der Waals surface area (Å²) in [5, 5.41) is 8.15. The molecule has 0 spiro atoms. The van der Waals surface area contributed by atoms with Crippen molar-refractivity contribution >= 4 is 28.5 Å². The first-order chi connectivity index (χ1) is 16.2. The first-order valence-corrected chi connectivity index (χ1v) is 12.2. The van der Waals surface area contributed by atoms with Crippen LogP contribution in [-0.4, -0.2) is 67.4 Å². The Hall–Kier alpha value is -2.85. The second-order valence-corrected chi connectivity index (χ2v) is 10.0. The average Bonchev–Trinajstić information content (AvgIpc) is 3.24. The Morgan fingerprint density at radius 2 is 2.00 bits per heavy atom. The summed E-state index contributed by atoms with van der Waals surface area (Å²) in [5.41, 5.74) is 1.00. The fourth-order valence-electron chi connectivity index (χ4n) is 3.82. The smallest absolute Gasteiger partial charge is 0.407 e. The molecule has 9 nitrogen and oxygen atoms in total. The van der Waals surface area contributed by atoms with E-state index in [4.69, 9.17) is 14.2 Å². The van der Waals surface area contributed by atoms with Crippen LogP contribution in [0.2, 0.25) is 0 Å². The van der Waals surface area contributed by atoms with Crippen molar-refractivity contribution in [3.8, 4) is 22.8 Å². The van der Waals surface area contributed by atoms with Gasteiger partial charge in [-0.25, -0.2) is 9.78 Å². The van der Waals surface area contributed by atoms with E-state index in [0.29, 0.717) is 23.2 Å². The molecule has 1 aromatic heterocycles. The normalized spacial score (nSPS) is 16.6. The number of thiazole rings is 1. The van der Waals surface area contributed by atoms with Gasteiger partial charge in [0, 0.05) is 29.6 Å². The molecule has 1 aliphatic heterocycles. The summed E-state index contributed by atoms with van der Waals surface area (Å²) in [4.78, 5) is 31.5. The number of nitrogens with one attached hydrogen (secondary N) is 2. The van der Waals surface area contributed by atoms with Crippen LogP contribution in [0.5, 0.6) is 11.5 Å². The van der Waals surface area contributed by atoms with E-state index in [9.17, 15) is 9.59 Å². The van der Waals surface area contributed by atoms with Crippen LogP contribution in [0.3, 0.4) is 0 Å². The van der Waals surface area contributed by atoms with E-state index in [1.807, 2.05) is 38.3 Å². The molecule has 0 saturated carbocycles. The number of hydrogen-bond acceptors (Lipinski definition) is 8. The van der Waals surface area contributed by atoms with Gasteiger partial charge in [0.1, 0.15) is 17.1 Å². The predicted molar refractivity (Wildman–Crippen MR) is 133 cm³/mol. The number of rotatable bonds is 8. The van der Waals surface area contributed by atoms with Crippen molar-refractivity contribution in [3.05, 3.63) is 23.6 Å². The van der Waals surface area contributed by atoms with Crippen molar-refractivity contribution in [2.24, 2.45) is 0 Å². The largest absolute Gasteiger partial charge is 0.497 e. The molecular formula is C24H34N4O5S. The summed E-state index contributed by atoms with van der Waals surface area (Å²) in [6.07, 6.45) is 2.57. The van der Waals surface area contributed by atoms with Crippen molar-refractivity contribution in [3.63, 3.8) is 0 Å². The lowest BCUT2D eigenvalue weighted by Gasteiger charge is -2.35. The van der Waals surface area contributed by atoms with Crippen LogP contribution in [0.4, 0.5) is 9.93 Å². The van der Waals surface area contributed by atoms with E-state index < -0.39 is 11.7 Å². The zero-order chi connectivity index (χ0) is 24.7. The zero-order valence-corrected chi connectivity index (χ0v) is 21.3. The minimum atomic E-state index is -0.543. The molecule has 1 aliphatic rings. The molecule has 186 valence electrons. The quantitative estimate of drug-likeness (QED) is 0.573. The molecule has 1 unspecified atom stereocenters. The highest BCUT2D eigenvalue weighted by atomic mass is 32.1. The Bertz CT molecular complexity index is 988. The van der Waals surface area contributed by atoms with Gasteiger partial charge >= 0.3 is 6.09 Å².